The summed E-state index contributed by atoms with van der Waals surface area (Å²) in [6, 6.07) is 5.85. The molecule has 2 aromatic heterocycles. The van der Waals surface area contributed by atoms with E-state index in [9.17, 15) is 0 Å². The largest absolute Gasteiger partial charge is 0.357 e. The Kier molecular flexibility index (Phi) is 3.96. The molecule has 2 aromatic rings. The molecule has 0 saturated heterocycles. The third-order valence-electron chi connectivity index (χ3n) is 1.96. The van der Waals surface area contributed by atoms with E-state index in [0.717, 1.165) is 20.2 Å². The van der Waals surface area contributed by atoms with Crippen molar-refractivity contribution in [3.05, 3.63) is 34.6 Å². The van der Waals surface area contributed by atoms with Crippen molar-refractivity contribution in [2.45, 2.75) is 17.0 Å². The Morgan fingerprint density at radius 3 is 2.71 bits per heavy atom. The first-order valence-electron chi connectivity index (χ1n) is 5.00. The van der Waals surface area contributed by atoms with Crippen LogP contribution in [0.4, 0.5) is 5.95 Å². The van der Waals surface area contributed by atoms with Crippen molar-refractivity contribution in [1.82, 2.24) is 15.0 Å². The SMILES string of the molecule is CNc1nc(C)cc(Sc2ccc(Br)cn2)n1. The smallest absolute Gasteiger partial charge is 0.223 e. The number of rotatable bonds is 3. The highest BCUT2D eigenvalue weighted by atomic mass is 79.9. The van der Waals surface area contributed by atoms with Gasteiger partial charge in [0.1, 0.15) is 10.1 Å². The van der Waals surface area contributed by atoms with Crippen molar-refractivity contribution in [2.24, 2.45) is 0 Å². The van der Waals surface area contributed by atoms with Crippen molar-refractivity contribution in [3.8, 4) is 0 Å². The van der Waals surface area contributed by atoms with Crippen molar-refractivity contribution in [2.75, 3.05) is 12.4 Å². The topological polar surface area (TPSA) is 50.7 Å². The van der Waals surface area contributed by atoms with Gasteiger partial charge in [-0.05, 0) is 52.8 Å². The molecule has 1 N–H and O–H groups in total. The lowest BCUT2D eigenvalue weighted by molar-refractivity contribution is 1.00. The van der Waals surface area contributed by atoms with Gasteiger partial charge < -0.3 is 5.32 Å². The van der Waals surface area contributed by atoms with Crippen LogP contribution >= 0.6 is 27.7 Å². The molecule has 0 unspecified atom stereocenters. The first kappa shape index (κ1) is 12.3. The van der Waals surface area contributed by atoms with Crippen LogP contribution in [0.5, 0.6) is 0 Å². The molecule has 0 radical (unpaired) electrons. The number of hydrogen-bond donors (Lipinski definition) is 1. The van der Waals surface area contributed by atoms with Crippen molar-refractivity contribution in [3.63, 3.8) is 0 Å². The van der Waals surface area contributed by atoms with Crippen LogP contribution in [-0.4, -0.2) is 22.0 Å². The third-order valence-corrected chi connectivity index (χ3v) is 3.30. The molecule has 2 rings (SSSR count). The molecule has 0 aliphatic rings. The van der Waals surface area contributed by atoms with E-state index in [4.69, 9.17) is 0 Å². The number of nitrogens with one attached hydrogen (secondary N) is 1. The average Bonchev–Trinajstić information content (AvgIpc) is 2.31. The van der Waals surface area contributed by atoms with Crippen LogP contribution < -0.4 is 5.32 Å². The monoisotopic (exact) mass is 310 g/mol. The Balaban J connectivity index is 2.23. The molecule has 0 amide bonds. The lowest BCUT2D eigenvalue weighted by Gasteiger charge is -2.04. The molecule has 0 aliphatic heterocycles. The minimum absolute atomic E-state index is 0.629. The van der Waals surface area contributed by atoms with Crippen LogP contribution in [0, 0.1) is 6.92 Å². The summed E-state index contributed by atoms with van der Waals surface area (Å²) in [7, 11) is 1.81. The molecule has 0 spiro atoms. The summed E-state index contributed by atoms with van der Waals surface area (Å²) < 4.78 is 0.969. The van der Waals surface area contributed by atoms with Gasteiger partial charge in [0.15, 0.2) is 0 Å². The molecule has 88 valence electrons. The molecule has 0 bridgehead atoms. The standard InChI is InChI=1S/C11H11BrN4S/c1-7-5-10(16-11(13-2)15-7)17-9-4-3-8(12)6-14-9/h3-6H,1-2H3,(H,13,15,16). The molecular formula is C11H11BrN4S. The van der Waals surface area contributed by atoms with E-state index in [2.05, 4.69) is 36.2 Å². The Morgan fingerprint density at radius 2 is 2.06 bits per heavy atom. The van der Waals surface area contributed by atoms with Gasteiger partial charge in [-0.2, -0.15) is 0 Å². The lowest BCUT2D eigenvalue weighted by atomic mass is 10.5. The Bertz CT molecular complexity index is 515. The van der Waals surface area contributed by atoms with E-state index in [-0.39, 0.29) is 0 Å². The zero-order valence-electron chi connectivity index (χ0n) is 9.44. The summed E-state index contributed by atoms with van der Waals surface area (Å²) in [6.45, 7) is 1.95. The molecule has 0 aromatic carbocycles. The quantitative estimate of drug-likeness (QED) is 0.883. The molecule has 6 heteroatoms. The Hall–Kier alpha value is -1.14. The molecule has 0 aliphatic carbocycles. The number of anilines is 1. The van der Waals surface area contributed by atoms with E-state index in [1.807, 2.05) is 25.1 Å². The summed E-state index contributed by atoms with van der Waals surface area (Å²) in [5.74, 6) is 0.629. The van der Waals surface area contributed by atoms with E-state index >= 15 is 0 Å². The van der Waals surface area contributed by atoms with Crippen LogP contribution in [0.15, 0.2) is 38.9 Å². The summed E-state index contributed by atoms with van der Waals surface area (Å²) in [5.41, 5.74) is 0.934. The zero-order chi connectivity index (χ0) is 12.3. The maximum Gasteiger partial charge on any atom is 0.223 e. The van der Waals surface area contributed by atoms with Gasteiger partial charge in [-0.15, -0.1) is 0 Å². The number of aromatic nitrogens is 3. The fourth-order valence-corrected chi connectivity index (χ4v) is 2.29. The van der Waals surface area contributed by atoms with Crippen LogP contribution in [0.25, 0.3) is 0 Å². The van der Waals surface area contributed by atoms with Crippen LogP contribution in [-0.2, 0) is 0 Å². The summed E-state index contributed by atoms with van der Waals surface area (Å²) in [5, 5.41) is 4.74. The first-order valence-corrected chi connectivity index (χ1v) is 6.61. The van der Waals surface area contributed by atoms with Gasteiger partial charge in [0.2, 0.25) is 5.95 Å². The fraction of sp³-hybridized carbons (Fsp3) is 0.182. The summed E-state index contributed by atoms with van der Waals surface area (Å²) in [6.07, 6.45) is 1.77. The first-order chi connectivity index (χ1) is 8.17. The van der Waals surface area contributed by atoms with Gasteiger partial charge in [0.25, 0.3) is 0 Å². The van der Waals surface area contributed by atoms with Gasteiger partial charge in [-0.25, -0.2) is 15.0 Å². The third kappa shape index (κ3) is 3.41. The molecule has 0 atom stereocenters. The van der Waals surface area contributed by atoms with E-state index in [1.54, 1.807) is 13.2 Å². The normalized spacial score (nSPS) is 10.3. The zero-order valence-corrected chi connectivity index (χ0v) is 11.8. The second-order valence-electron chi connectivity index (χ2n) is 3.34. The number of pyridine rings is 1. The molecular weight excluding hydrogens is 300 g/mol. The summed E-state index contributed by atoms with van der Waals surface area (Å²) in [4.78, 5) is 12.9. The van der Waals surface area contributed by atoms with Gasteiger partial charge in [0.05, 0.1) is 0 Å². The number of hydrogen-bond acceptors (Lipinski definition) is 5. The van der Waals surface area contributed by atoms with E-state index in [1.165, 1.54) is 11.8 Å². The average molecular weight is 311 g/mol. The maximum absolute atomic E-state index is 4.36. The minimum atomic E-state index is 0.629. The molecule has 4 nitrogen and oxygen atoms in total. The van der Waals surface area contributed by atoms with Crippen molar-refractivity contribution >= 4 is 33.6 Å². The lowest BCUT2D eigenvalue weighted by Crippen LogP contribution is -1.98. The Morgan fingerprint density at radius 1 is 1.24 bits per heavy atom. The molecule has 0 saturated carbocycles. The van der Waals surface area contributed by atoms with Crippen LogP contribution in [0.1, 0.15) is 5.69 Å². The second-order valence-corrected chi connectivity index (χ2v) is 5.29. The fourth-order valence-electron chi connectivity index (χ4n) is 1.23. The highest BCUT2D eigenvalue weighted by Crippen LogP contribution is 2.26. The van der Waals surface area contributed by atoms with Gasteiger partial charge in [0, 0.05) is 23.4 Å². The predicted molar refractivity (Wildman–Crippen MR) is 72.4 cm³/mol. The van der Waals surface area contributed by atoms with Gasteiger partial charge >= 0.3 is 0 Å². The van der Waals surface area contributed by atoms with Gasteiger partial charge in [-0.3, -0.25) is 0 Å². The number of nitrogens with zero attached hydrogens (tertiary/aromatic N) is 3. The highest BCUT2D eigenvalue weighted by molar-refractivity contribution is 9.10. The van der Waals surface area contributed by atoms with E-state index in [0.29, 0.717) is 5.95 Å². The number of halogens is 1. The predicted octanol–water partition coefficient (Wildman–Crippen LogP) is 3.14. The van der Waals surface area contributed by atoms with Crippen LogP contribution in [0.2, 0.25) is 0 Å². The molecule has 17 heavy (non-hydrogen) atoms. The van der Waals surface area contributed by atoms with Crippen molar-refractivity contribution < 1.29 is 0 Å². The maximum atomic E-state index is 4.36. The van der Waals surface area contributed by atoms with Crippen LogP contribution in [0.3, 0.4) is 0 Å². The second kappa shape index (κ2) is 5.46. The number of aryl methyl sites for hydroxylation is 1. The van der Waals surface area contributed by atoms with Gasteiger partial charge in [-0.1, -0.05) is 0 Å². The molecule has 0 fully saturated rings. The summed E-state index contributed by atoms with van der Waals surface area (Å²) >= 11 is 4.87. The van der Waals surface area contributed by atoms with Crippen molar-refractivity contribution in [1.29, 1.82) is 0 Å². The minimum Gasteiger partial charge on any atom is -0.357 e. The highest BCUT2D eigenvalue weighted by Gasteiger charge is 2.04. The Labute approximate surface area is 112 Å². The van der Waals surface area contributed by atoms with E-state index < -0.39 is 0 Å². The molecule has 2 heterocycles.